The van der Waals surface area contributed by atoms with Gasteiger partial charge in [0.15, 0.2) is 23.1 Å². The van der Waals surface area contributed by atoms with Gasteiger partial charge in [-0.1, -0.05) is 12.1 Å². The quantitative estimate of drug-likeness (QED) is 0.613. The minimum absolute atomic E-state index is 0.173. The number of rotatable bonds is 2. The molecule has 0 aliphatic rings. The van der Waals surface area contributed by atoms with E-state index in [1.807, 2.05) is 24.3 Å². The van der Waals surface area contributed by atoms with Gasteiger partial charge in [0.05, 0.1) is 23.8 Å². The molecule has 4 rings (SSSR count). The van der Waals surface area contributed by atoms with Gasteiger partial charge in [-0.25, -0.2) is 18.7 Å². The van der Waals surface area contributed by atoms with Crippen LogP contribution in [-0.4, -0.2) is 21.5 Å². The van der Waals surface area contributed by atoms with Crippen molar-refractivity contribution in [1.82, 2.24) is 14.4 Å². The molecule has 0 atom stereocenters. The maximum atomic E-state index is 13.6. The molecule has 7 heteroatoms. The molecule has 2 heterocycles. The molecule has 0 aliphatic heterocycles. The average molecular weight is 326 g/mol. The zero-order valence-corrected chi connectivity index (χ0v) is 12.6. The van der Waals surface area contributed by atoms with Crippen molar-refractivity contribution in [2.45, 2.75) is 0 Å². The number of benzene rings is 2. The highest BCUT2D eigenvalue weighted by Crippen LogP contribution is 2.27. The van der Waals surface area contributed by atoms with Crippen LogP contribution in [-0.2, 0) is 0 Å². The molecule has 5 nitrogen and oxygen atoms in total. The van der Waals surface area contributed by atoms with E-state index in [1.165, 1.54) is 0 Å². The molecule has 24 heavy (non-hydrogen) atoms. The van der Waals surface area contributed by atoms with Crippen LogP contribution >= 0.6 is 0 Å². The van der Waals surface area contributed by atoms with Crippen molar-refractivity contribution < 1.29 is 13.5 Å². The molecule has 0 fully saturated rings. The van der Waals surface area contributed by atoms with E-state index in [9.17, 15) is 8.78 Å². The number of imidazole rings is 1. The number of hydrogen-bond donors (Lipinski definition) is 1. The smallest absolute Gasteiger partial charge is 0.180 e. The summed E-state index contributed by atoms with van der Waals surface area (Å²) in [6, 6.07) is 9.46. The number of aromatic nitrogens is 3. The summed E-state index contributed by atoms with van der Waals surface area (Å²) in [4.78, 5) is 8.57. The van der Waals surface area contributed by atoms with Gasteiger partial charge in [-0.3, -0.25) is 4.40 Å². The number of ether oxygens (including phenoxy) is 1. The van der Waals surface area contributed by atoms with Crippen LogP contribution in [0.3, 0.4) is 0 Å². The summed E-state index contributed by atoms with van der Waals surface area (Å²) in [5.41, 5.74) is 8.43. The van der Waals surface area contributed by atoms with Gasteiger partial charge in [0, 0.05) is 23.9 Å². The van der Waals surface area contributed by atoms with E-state index in [0.717, 1.165) is 17.7 Å². The molecule has 0 saturated carbocycles. The topological polar surface area (TPSA) is 65.4 Å². The minimum atomic E-state index is -0.953. The van der Waals surface area contributed by atoms with E-state index >= 15 is 0 Å². The summed E-state index contributed by atoms with van der Waals surface area (Å²) >= 11 is 0. The lowest BCUT2D eigenvalue weighted by Crippen LogP contribution is -1.99. The Morgan fingerprint density at radius 3 is 2.67 bits per heavy atom. The predicted octanol–water partition coefficient (Wildman–Crippen LogP) is 3.42. The van der Waals surface area contributed by atoms with Crippen LogP contribution in [0.25, 0.3) is 27.9 Å². The van der Waals surface area contributed by atoms with Gasteiger partial charge in [-0.2, -0.15) is 0 Å². The summed E-state index contributed by atoms with van der Waals surface area (Å²) in [5, 5.41) is 0. The highest BCUT2D eigenvalue weighted by Gasteiger charge is 2.14. The van der Waals surface area contributed by atoms with Gasteiger partial charge in [0.1, 0.15) is 5.75 Å². The van der Waals surface area contributed by atoms with Crippen LogP contribution in [0.15, 0.2) is 42.6 Å². The van der Waals surface area contributed by atoms with Crippen LogP contribution in [0.5, 0.6) is 5.75 Å². The summed E-state index contributed by atoms with van der Waals surface area (Å²) in [6.45, 7) is 0. The third-order valence-corrected chi connectivity index (χ3v) is 3.82. The monoisotopic (exact) mass is 326 g/mol. The van der Waals surface area contributed by atoms with E-state index < -0.39 is 11.6 Å². The first kappa shape index (κ1) is 14.4. The first-order valence-electron chi connectivity index (χ1n) is 7.14. The Labute approximate surface area is 135 Å². The summed E-state index contributed by atoms with van der Waals surface area (Å²) in [6.07, 6.45) is 1.69. The number of nitrogens with zero attached hydrogens (tertiary/aromatic N) is 3. The first-order valence-corrected chi connectivity index (χ1v) is 7.14. The minimum Gasteiger partial charge on any atom is -0.497 e. The van der Waals surface area contributed by atoms with E-state index in [2.05, 4.69) is 9.97 Å². The summed E-state index contributed by atoms with van der Waals surface area (Å²) in [5.74, 6) is -1.04. The molecular formula is C17H12F2N4O. The molecule has 0 saturated heterocycles. The molecule has 0 radical (unpaired) electrons. The van der Waals surface area contributed by atoms with Crippen LogP contribution < -0.4 is 10.5 Å². The van der Waals surface area contributed by atoms with Crippen molar-refractivity contribution in [1.29, 1.82) is 0 Å². The second-order valence-corrected chi connectivity index (χ2v) is 5.30. The van der Waals surface area contributed by atoms with E-state index in [0.29, 0.717) is 28.1 Å². The van der Waals surface area contributed by atoms with Crippen LogP contribution in [0.1, 0.15) is 0 Å². The Morgan fingerprint density at radius 2 is 1.88 bits per heavy atom. The fourth-order valence-electron chi connectivity index (χ4n) is 2.65. The molecular weight excluding hydrogens is 314 g/mol. The first-order chi connectivity index (χ1) is 11.6. The molecule has 2 N–H and O–H groups in total. The van der Waals surface area contributed by atoms with Crippen LogP contribution in [0, 0.1) is 11.6 Å². The van der Waals surface area contributed by atoms with Gasteiger partial charge < -0.3 is 10.5 Å². The number of methoxy groups -OCH3 is 1. The lowest BCUT2D eigenvalue weighted by molar-refractivity contribution is 0.415. The number of fused-ring (bicyclic) bond motifs is 3. The normalized spacial score (nSPS) is 11.3. The molecule has 0 bridgehead atoms. The number of nitrogen functional groups attached to an aromatic ring is 1. The fraction of sp³-hybridized carbons (Fsp3) is 0.0588. The second kappa shape index (κ2) is 5.16. The molecule has 2 aromatic carbocycles. The van der Waals surface area contributed by atoms with Gasteiger partial charge in [0.25, 0.3) is 0 Å². The largest absolute Gasteiger partial charge is 0.497 e. The lowest BCUT2D eigenvalue weighted by atomic mass is 10.1. The highest BCUT2D eigenvalue weighted by atomic mass is 19.2. The maximum Gasteiger partial charge on any atom is 0.180 e. The maximum absolute atomic E-state index is 13.6. The zero-order chi connectivity index (χ0) is 16.8. The Morgan fingerprint density at radius 1 is 1.08 bits per heavy atom. The fourth-order valence-corrected chi connectivity index (χ4v) is 2.65. The van der Waals surface area contributed by atoms with Crippen LogP contribution in [0.2, 0.25) is 0 Å². The Kier molecular flexibility index (Phi) is 3.09. The van der Waals surface area contributed by atoms with Gasteiger partial charge >= 0.3 is 0 Å². The molecule has 0 spiro atoms. The number of anilines is 1. The number of nitrogens with two attached hydrogens (primary N) is 1. The molecule has 0 aliphatic carbocycles. The molecule has 2 aromatic heterocycles. The van der Waals surface area contributed by atoms with Crippen molar-refractivity contribution in [2.24, 2.45) is 0 Å². The third kappa shape index (κ3) is 2.13. The van der Waals surface area contributed by atoms with Crippen molar-refractivity contribution in [3.05, 3.63) is 54.2 Å². The van der Waals surface area contributed by atoms with E-state index in [1.54, 1.807) is 17.7 Å². The van der Waals surface area contributed by atoms with Crippen molar-refractivity contribution in [3.63, 3.8) is 0 Å². The summed E-state index contributed by atoms with van der Waals surface area (Å²) in [7, 11) is 1.57. The van der Waals surface area contributed by atoms with E-state index in [-0.39, 0.29) is 5.82 Å². The van der Waals surface area contributed by atoms with Gasteiger partial charge in [-0.15, -0.1) is 0 Å². The van der Waals surface area contributed by atoms with Crippen molar-refractivity contribution in [2.75, 3.05) is 12.8 Å². The van der Waals surface area contributed by atoms with Gasteiger partial charge in [0.2, 0.25) is 0 Å². The standard InChI is InChI=1S/C17H12F2N4O/c1-24-10-4-2-3-9(5-10)14-8-23-15-7-12(19)11(18)6-13(15)22-17(23)16(20)21-14/h2-8H,1H3,(H2,20,21). The zero-order valence-electron chi connectivity index (χ0n) is 12.6. The third-order valence-electron chi connectivity index (χ3n) is 3.82. The molecule has 4 aromatic rings. The lowest BCUT2D eigenvalue weighted by Gasteiger charge is -2.07. The SMILES string of the molecule is COc1cccc(-c2cn3c(nc4cc(F)c(F)cc43)c(N)n2)c1. The Hall–Kier alpha value is -3.22. The Balaban J connectivity index is 2.01. The molecule has 0 unspecified atom stereocenters. The number of hydrogen-bond acceptors (Lipinski definition) is 4. The highest BCUT2D eigenvalue weighted by molar-refractivity contribution is 5.84. The molecule has 0 amide bonds. The van der Waals surface area contributed by atoms with Gasteiger partial charge in [-0.05, 0) is 12.1 Å². The average Bonchev–Trinajstić information content (AvgIpc) is 2.93. The Bertz CT molecular complexity index is 1090. The van der Waals surface area contributed by atoms with Crippen molar-refractivity contribution in [3.8, 4) is 17.0 Å². The van der Waals surface area contributed by atoms with Crippen LogP contribution in [0.4, 0.5) is 14.6 Å². The second-order valence-electron chi connectivity index (χ2n) is 5.30. The molecule has 120 valence electrons. The van der Waals surface area contributed by atoms with Crippen molar-refractivity contribution >= 4 is 22.5 Å². The van der Waals surface area contributed by atoms with E-state index in [4.69, 9.17) is 10.5 Å². The predicted molar refractivity (Wildman–Crippen MR) is 86.8 cm³/mol. The number of halogens is 2. The summed E-state index contributed by atoms with van der Waals surface area (Å²) < 4.78 is 33.8.